The number of rotatable bonds is 7. The third kappa shape index (κ3) is 5.16. The van der Waals surface area contributed by atoms with Crippen molar-refractivity contribution >= 4 is 23.0 Å². The molecule has 3 N–H and O–H groups in total. The van der Waals surface area contributed by atoms with Gasteiger partial charge in [-0.2, -0.15) is 0 Å². The van der Waals surface area contributed by atoms with Gasteiger partial charge < -0.3 is 10.8 Å². The highest BCUT2D eigenvalue weighted by Crippen LogP contribution is 2.38. The van der Waals surface area contributed by atoms with Crippen molar-refractivity contribution in [3.63, 3.8) is 0 Å². The van der Waals surface area contributed by atoms with Crippen LogP contribution < -0.4 is 5.73 Å². The maximum Gasteiger partial charge on any atom is 0.306 e. The van der Waals surface area contributed by atoms with Crippen molar-refractivity contribution < 1.29 is 9.90 Å². The number of benzene rings is 2. The molecular formula is C35H36N6O2. The fraction of sp³-hybridized carbons (Fsp3) is 0.314. The number of pyridine rings is 2. The van der Waals surface area contributed by atoms with Crippen LogP contribution in [0.2, 0.25) is 0 Å². The van der Waals surface area contributed by atoms with Crippen LogP contribution in [0.4, 0.5) is 5.82 Å². The lowest BCUT2D eigenvalue weighted by Gasteiger charge is -2.47. The molecule has 2 aromatic carbocycles. The zero-order valence-corrected chi connectivity index (χ0v) is 24.3. The van der Waals surface area contributed by atoms with E-state index in [-0.39, 0.29) is 5.92 Å². The Morgan fingerprint density at radius 1 is 0.907 bits per heavy atom. The molecule has 4 heterocycles. The fourth-order valence-electron chi connectivity index (χ4n) is 6.86. The smallest absolute Gasteiger partial charge is 0.306 e. The number of aliphatic carboxylic acids is 1. The van der Waals surface area contributed by atoms with Gasteiger partial charge in [-0.25, -0.2) is 15.0 Å². The van der Waals surface area contributed by atoms with Crippen molar-refractivity contribution in [3.8, 4) is 28.3 Å². The lowest BCUT2D eigenvalue weighted by Crippen LogP contribution is -2.52. The summed E-state index contributed by atoms with van der Waals surface area (Å²) in [5, 5.41) is 9.34. The molecule has 7 rings (SSSR count). The molecule has 8 heteroatoms. The highest BCUT2D eigenvalue weighted by atomic mass is 16.4. The third-order valence-corrected chi connectivity index (χ3v) is 9.57. The van der Waals surface area contributed by atoms with Gasteiger partial charge in [0.2, 0.25) is 0 Å². The second-order valence-corrected chi connectivity index (χ2v) is 12.0. The third-order valence-electron chi connectivity index (χ3n) is 9.57. The van der Waals surface area contributed by atoms with Crippen LogP contribution >= 0.6 is 0 Å². The molecule has 1 saturated heterocycles. The van der Waals surface area contributed by atoms with Crippen molar-refractivity contribution in [1.82, 2.24) is 24.4 Å². The number of hydrogen-bond donors (Lipinski definition) is 2. The molecule has 2 aliphatic rings. The van der Waals surface area contributed by atoms with E-state index in [0.717, 1.165) is 72.4 Å². The standard InChI is InChI=1S/C35H36N6O2/c1-22(23-9-11-26(12-10-23)35(42)43)40-20-27(21-40)24-13-15-28(16-14-24)41-33(29-8-5-19-37-32(29)36)39-31-18-17-30(38-34(31)41)25-6-3-2-4-7-25/h2-8,13-19,22-23,26-27H,9-12,20-21H2,1H3,(H2,36,37)(H,42,43)/t22-,23?,26?/m0/s1. The minimum absolute atomic E-state index is 0.158. The lowest BCUT2D eigenvalue weighted by molar-refractivity contribution is -0.143. The van der Waals surface area contributed by atoms with Gasteiger partial charge in [0.15, 0.2) is 11.5 Å². The molecular weight excluding hydrogens is 536 g/mol. The zero-order valence-electron chi connectivity index (χ0n) is 24.3. The summed E-state index contributed by atoms with van der Waals surface area (Å²) < 4.78 is 2.08. The predicted octanol–water partition coefficient (Wildman–Crippen LogP) is 6.41. The molecule has 43 heavy (non-hydrogen) atoms. The van der Waals surface area contributed by atoms with E-state index in [1.807, 2.05) is 42.5 Å². The van der Waals surface area contributed by atoms with E-state index in [2.05, 4.69) is 57.8 Å². The summed E-state index contributed by atoms with van der Waals surface area (Å²) in [5.74, 6) is 1.42. The monoisotopic (exact) mass is 572 g/mol. The molecule has 8 nitrogen and oxygen atoms in total. The summed E-state index contributed by atoms with van der Waals surface area (Å²) in [6.45, 7) is 4.39. The Hall–Kier alpha value is -4.56. The second-order valence-electron chi connectivity index (χ2n) is 12.0. The molecule has 5 aromatic rings. The highest BCUT2D eigenvalue weighted by molar-refractivity contribution is 5.84. The van der Waals surface area contributed by atoms with Crippen molar-refractivity contribution in [2.75, 3.05) is 18.8 Å². The van der Waals surface area contributed by atoms with Crippen LogP contribution in [0, 0.1) is 11.8 Å². The van der Waals surface area contributed by atoms with Gasteiger partial charge >= 0.3 is 5.97 Å². The Balaban J connectivity index is 1.15. The number of carbonyl (C=O) groups is 1. The topological polar surface area (TPSA) is 110 Å². The largest absolute Gasteiger partial charge is 0.481 e. The molecule has 1 aliphatic carbocycles. The molecule has 1 saturated carbocycles. The van der Waals surface area contributed by atoms with E-state index in [1.54, 1.807) is 6.20 Å². The number of nitrogens with two attached hydrogens (primary N) is 1. The predicted molar refractivity (Wildman–Crippen MR) is 169 cm³/mol. The maximum atomic E-state index is 11.3. The Morgan fingerprint density at radius 2 is 1.65 bits per heavy atom. The first-order valence-corrected chi connectivity index (χ1v) is 15.2. The molecule has 3 aromatic heterocycles. The molecule has 0 unspecified atom stereocenters. The van der Waals surface area contributed by atoms with Crippen LogP contribution in [0.1, 0.15) is 44.1 Å². The Labute approximate surface area is 251 Å². The van der Waals surface area contributed by atoms with Crippen molar-refractivity contribution in [1.29, 1.82) is 0 Å². The number of nitrogen functional groups attached to an aromatic ring is 1. The SMILES string of the molecule is C[C@@H](C1CCC(C(=O)O)CC1)N1CC(c2ccc(-n3c(-c4cccnc4N)nc4ccc(-c5ccccc5)nc43)cc2)C1. The van der Waals surface area contributed by atoms with Crippen LogP contribution in [0.5, 0.6) is 0 Å². The van der Waals surface area contributed by atoms with Crippen molar-refractivity contribution in [2.45, 2.75) is 44.6 Å². The van der Waals surface area contributed by atoms with E-state index in [1.165, 1.54) is 5.56 Å². The van der Waals surface area contributed by atoms with Gasteiger partial charge in [0.25, 0.3) is 0 Å². The maximum absolute atomic E-state index is 11.3. The van der Waals surface area contributed by atoms with E-state index in [9.17, 15) is 9.90 Å². The van der Waals surface area contributed by atoms with Crippen LogP contribution in [-0.4, -0.2) is 54.6 Å². The molecule has 218 valence electrons. The van der Waals surface area contributed by atoms with Gasteiger partial charge in [0.1, 0.15) is 11.3 Å². The first-order chi connectivity index (χ1) is 21.0. The van der Waals surface area contributed by atoms with Gasteiger partial charge in [-0.3, -0.25) is 14.3 Å². The van der Waals surface area contributed by atoms with E-state index in [4.69, 9.17) is 15.7 Å². The molecule has 2 fully saturated rings. The van der Waals surface area contributed by atoms with E-state index < -0.39 is 5.97 Å². The van der Waals surface area contributed by atoms with Crippen molar-refractivity contribution in [2.24, 2.45) is 11.8 Å². The van der Waals surface area contributed by atoms with Crippen LogP contribution in [0.15, 0.2) is 85.1 Å². The van der Waals surface area contributed by atoms with Gasteiger partial charge in [-0.05, 0) is 80.5 Å². The van der Waals surface area contributed by atoms with Gasteiger partial charge in [0.05, 0.1) is 17.2 Å². The molecule has 0 spiro atoms. The summed E-state index contributed by atoms with van der Waals surface area (Å²) in [6.07, 6.45) is 5.32. The number of likely N-dealkylation sites (tertiary alicyclic amines) is 1. The average Bonchev–Trinajstić information content (AvgIpc) is 3.40. The number of anilines is 1. The lowest BCUT2D eigenvalue weighted by atomic mass is 9.77. The summed E-state index contributed by atoms with van der Waals surface area (Å²) in [5.41, 5.74) is 12.9. The number of fused-ring (bicyclic) bond motifs is 1. The summed E-state index contributed by atoms with van der Waals surface area (Å²) in [6, 6.07) is 27.3. The number of carboxylic acid groups (broad SMARTS) is 1. The van der Waals surface area contributed by atoms with Crippen LogP contribution in [0.3, 0.4) is 0 Å². The van der Waals surface area contributed by atoms with Crippen LogP contribution in [0.25, 0.3) is 39.5 Å². The Kier molecular flexibility index (Phi) is 7.15. The minimum Gasteiger partial charge on any atom is -0.481 e. The van der Waals surface area contributed by atoms with Gasteiger partial charge in [-0.1, -0.05) is 42.5 Å². The summed E-state index contributed by atoms with van der Waals surface area (Å²) >= 11 is 0. The van der Waals surface area contributed by atoms with Crippen molar-refractivity contribution in [3.05, 3.63) is 90.6 Å². The summed E-state index contributed by atoms with van der Waals surface area (Å²) in [4.78, 5) is 28.3. The first-order valence-electron chi connectivity index (χ1n) is 15.2. The molecule has 1 aliphatic heterocycles. The van der Waals surface area contributed by atoms with Crippen LogP contribution in [-0.2, 0) is 4.79 Å². The van der Waals surface area contributed by atoms with E-state index >= 15 is 0 Å². The summed E-state index contributed by atoms with van der Waals surface area (Å²) in [7, 11) is 0. The number of nitrogens with zero attached hydrogens (tertiary/aromatic N) is 5. The normalized spacial score (nSPS) is 20.1. The fourth-order valence-corrected chi connectivity index (χ4v) is 6.86. The molecule has 1 atom stereocenters. The number of carboxylic acids is 1. The minimum atomic E-state index is -0.634. The highest BCUT2D eigenvalue weighted by Gasteiger charge is 2.37. The Morgan fingerprint density at radius 3 is 2.35 bits per heavy atom. The zero-order chi connectivity index (χ0) is 29.5. The van der Waals surface area contributed by atoms with Gasteiger partial charge in [0, 0.05) is 42.5 Å². The first kappa shape index (κ1) is 27.3. The number of imidazole rings is 1. The van der Waals surface area contributed by atoms with E-state index in [0.29, 0.717) is 29.5 Å². The molecule has 0 radical (unpaired) electrons. The average molecular weight is 573 g/mol. The molecule has 0 bridgehead atoms. The van der Waals surface area contributed by atoms with Gasteiger partial charge in [-0.15, -0.1) is 0 Å². The Bertz CT molecular complexity index is 1750. The number of hydrogen-bond acceptors (Lipinski definition) is 6. The number of aromatic nitrogens is 4. The molecule has 0 amide bonds. The second kappa shape index (κ2) is 11.3. The quantitative estimate of drug-likeness (QED) is 0.232.